The van der Waals surface area contributed by atoms with Crippen LogP contribution < -0.4 is 10.6 Å². The first-order valence-corrected chi connectivity index (χ1v) is 9.40. The molecule has 1 aromatic heterocycles. The minimum absolute atomic E-state index is 0.0153. The molecule has 7 heteroatoms. The van der Waals surface area contributed by atoms with E-state index >= 15 is 0 Å². The Morgan fingerprint density at radius 2 is 2.08 bits per heavy atom. The molecule has 142 valence electrons. The third-order valence-corrected chi connectivity index (χ3v) is 5.40. The summed E-state index contributed by atoms with van der Waals surface area (Å²) in [5.41, 5.74) is 1.04. The molecule has 1 fully saturated rings. The number of pyridine rings is 1. The van der Waals surface area contributed by atoms with Crippen molar-refractivity contribution < 1.29 is 19.8 Å². The van der Waals surface area contributed by atoms with Gasteiger partial charge < -0.3 is 20.8 Å². The van der Waals surface area contributed by atoms with E-state index < -0.39 is 11.6 Å². The Morgan fingerprint density at radius 1 is 1.31 bits per heavy atom. The van der Waals surface area contributed by atoms with Crippen LogP contribution in [0.4, 0.5) is 5.82 Å². The van der Waals surface area contributed by atoms with Crippen molar-refractivity contribution in [2.24, 2.45) is 5.92 Å². The smallest absolute Gasteiger partial charge is 0.306 e. The Bertz CT molecular complexity index is 669. The van der Waals surface area contributed by atoms with Crippen LogP contribution >= 0.6 is 0 Å². The molecule has 3 rings (SSSR count). The van der Waals surface area contributed by atoms with Gasteiger partial charge in [0.25, 0.3) is 0 Å². The largest absolute Gasteiger partial charge is 0.481 e. The van der Waals surface area contributed by atoms with Crippen molar-refractivity contribution in [3.8, 4) is 0 Å². The Labute approximate surface area is 153 Å². The number of fused-ring (bicyclic) bond motifs is 1. The molecule has 2 heterocycles. The van der Waals surface area contributed by atoms with E-state index in [1.165, 1.54) is 5.56 Å². The van der Waals surface area contributed by atoms with Gasteiger partial charge in [0.05, 0.1) is 12.0 Å². The first kappa shape index (κ1) is 18.6. The van der Waals surface area contributed by atoms with Crippen LogP contribution in [0.2, 0.25) is 0 Å². The number of aliphatic hydroxyl groups is 1. The van der Waals surface area contributed by atoms with E-state index in [4.69, 9.17) is 5.11 Å². The second kappa shape index (κ2) is 8.03. The maximum atomic E-state index is 12.3. The first-order chi connectivity index (χ1) is 12.5. The zero-order chi connectivity index (χ0) is 18.6. The fourth-order valence-electron chi connectivity index (χ4n) is 3.84. The van der Waals surface area contributed by atoms with E-state index in [1.807, 2.05) is 6.07 Å². The molecule has 0 bridgehead atoms. The van der Waals surface area contributed by atoms with Gasteiger partial charge in [-0.15, -0.1) is 0 Å². The van der Waals surface area contributed by atoms with Gasteiger partial charge in [-0.25, -0.2) is 4.98 Å². The SMILES string of the molecule is O=C(O)CC1(O)CCC(C(=O)NCCc2ccc3c(n2)NCCC3)CC1. The lowest BCUT2D eigenvalue weighted by Crippen LogP contribution is -2.41. The quantitative estimate of drug-likeness (QED) is 0.611. The molecule has 0 atom stereocenters. The van der Waals surface area contributed by atoms with Crippen molar-refractivity contribution in [2.45, 2.75) is 57.0 Å². The summed E-state index contributed by atoms with van der Waals surface area (Å²) in [7, 11) is 0. The fraction of sp³-hybridized carbons (Fsp3) is 0.632. The predicted octanol–water partition coefficient (Wildman–Crippen LogP) is 1.49. The Kier molecular flexibility index (Phi) is 5.76. The van der Waals surface area contributed by atoms with Crippen molar-refractivity contribution in [2.75, 3.05) is 18.4 Å². The summed E-state index contributed by atoms with van der Waals surface area (Å²) in [6.45, 7) is 1.48. The predicted molar refractivity (Wildman–Crippen MR) is 96.9 cm³/mol. The summed E-state index contributed by atoms with van der Waals surface area (Å²) in [5.74, 6) is -0.201. The molecule has 0 aromatic carbocycles. The zero-order valence-corrected chi connectivity index (χ0v) is 15.0. The number of rotatable bonds is 6. The van der Waals surface area contributed by atoms with Gasteiger partial charge in [-0.3, -0.25) is 9.59 Å². The number of anilines is 1. The molecule has 1 saturated carbocycles. The third-order valence-electron chi connectivity index (χ3n) is 5.40. The Morgan fingerprint density at radius 3 is 2.81 bits per heavy atom. The molecule has 0 radical (unpaired) electrons. The van der Waals surface area contributed by atoms with Crippen LogP contribution in [0.1, 0.15) is 49.8 Å². The molecule has 2 aliphatic rings. The molecule has 7 nitrogen and oxygen atoms in total. The molecule has 0 unspecified atom stereocenters. The van der Waals surface area contributed by atoms with E-state index in [-0.39, 0.29) is 18.2 Å². The molecule has 4 N–H and O–H groups in total. The molecule has 0 saturated heterocycles. The number of carboxylic acids is 1. The maximum absolute atomic E-state index is 12.3. The number of carbonyl (C=O) groups is 2. The van der Waals surface area contributed by atoms with Crippen molar-refractivity contribution in [3.05, 3.63) is 23.4 Å². The standard InChI is InChI=1S/C19H27N3O4/c23-16(24)12-19(26)8-5-14(6-9-19)18(25)21-11-7-15-4-3-13-2-1-10-20-17(13)22-15/h3-4,14,26H,1-2,5-12H2,(H,20,22)(H,21,25)(H,23,24). The van der Waals surface area contributed by atoms with Gasteiger partial charge >= 0.3 is 5.97 Å². The number of nitrogens with zero attached hydrogens (tertiary/aromatic N) is 1. The number of aromatic nitrogens is 1. The first-order valence-electron chi connectivity index (χ1n) is 9.40. The average Bonchev–Trinajstić information content (AvgIpc) is 2.61. The van der Waals surface area contributed by atoms with Gasteiger partial charge in [0.2, 0.25) is 5.91 Å². The number of aryl methyl sites for hydroxylation is 1. The average molecular weight is 361 g/mol. The topological polar surface area (TPSA) is 112 Å². The van der Waals surface area contributed by atoms with Crippen LogP contribution in [-0.2, 0) is 22.4 Å². The lowest BCUT2D eigenvalue weighted by Gasteiger charge is -2.34. The molecule has 26 heavy (non-hydrogen) atoms. The van der Waals surface area contributed by atoms with E-state index in [2.05, 4.69) is 21.7 Å². The summed E-state index contributed by atoms with van der Waals surface area (Å²) < 4.78 is 0. The summed E-state index contributed by atoms with van der Waals surface area (Å²) in [5, 5.41) is 25.4. The number of hydrogen-bond acceptors (Lipinski definition) is 5. The fourth-order valence-corrected chi connectivity index (χ4v) is 3.84. The monoisotopic (exact) mass is 361 g/mol. The molecule has 1 aliphatic carbocycles. The van der Waals surface area contributed by atoms with Crippen molar-refractivity contribution in [3.63, 3.8) is 0 Å². The highest BCUT2D eigenvalue weighted by molar-refractivity contribution is 5.78. The van der Waals surface area contributed by atoms with Gasteiger partial charge in [-0.1, -0.05) is 6.07 Å². The number of carbonyl (C=O) groups excluding carboxylic acids is 1. The molecular formula is C19H27N3O4. The number of carboxylic acid groups (broad SMARTS) is 1. The highest BCUT2D eigenvalue weighted by Gasteiger charge is 2.37. The van der Waals surface area contributed by atoms with Gasteiger partial charge in [-0.2, -0.15) is 0 Å². The second-order valence-electron chi connectivity index (χ2n) is 7.45. The highest BCUT2D eigenvalue weighted by atomic mass is 16.4. The van der Waals surface area contributed by atoms with Crippen LogP contribution in [0.15, 0.2) is 12.1 Å². The van der Waals surface area contributed by atoms with E-state index in [0.29, 0.717) is 38.6 Å². The van der Waals surface area contributed by atoms with Gasteiger partial charge in [-0.05, 0) is 50.2 Å². The molecule has 1 aromatic rings. The molecular weight excluding hydrogens is 334 g/mol. The van der Waals surface area contributed by atoms with Gasteiger partial charge in [0.15, 0.2) is 0 Å². The normalized spacial score (nSPS) is 25.0. The number of aliphatic carboxylic acids is 1. The summed E-state index contributed by atoms with van der Waals surface area (Å²) in [6.07, 6.45) is 4.38. The van der Waals surface area contributed by atoms with Crippen molar-refractivity contribution >= 4 is 17.7 Å². The Hall–Kier alpha value is -2.15. The lowest BCUT2D eigenvalue weighted by molar-refractivity contribution is -0.144. The number of amides is 1. The Balaban J connectivity index is 1.43. The minimum Gasteiger partial charge on any atom is -0.481 e. The van der Waals surface area contributed by atoms with Gasteiger partial charge in [0.1, 0.15) is 5.82 Å². The van der Waals surface area contributed by atoms with E-state index in [0.717, 1.165) is 30.9 Å². The van der Waals surface area contributed by atoms with Crippen molar-refractivity contribution in [1.29, 1.82) is 0 Å². The van der Waals surface area contributed by atoms with Crippen LogP contribution in [0.3, 0.4) is 0 Å². The molecule has 0 spiro atoms. The summed E-state index contributed by atoms with van der Waals surface area (Å²) >= 11 is 0. The molecule has 1 aliphatic heterocycles. The number of hydrogen-bond donors (Lipinski definition) is 4. The summed E-state index contributed by atoms with van der Waals surface area (Å²) in [4.78, 5) is 27.7. The zero-order valence-electron chi connectivity index (χ0n) is 15.0. The highest BCUT2D eigenvalue weighted by Crippen LogP contribution is 2.34. The minimum atomic E-state index is -1.16. The maximum Gasteiger partial charge on any atom is 0.306 e. The van der Waals surface area contributed by atoms with Crippen molar-refractivity contribution in [1.82, 2.24) is 10.3 Å². The third kappa shape index (κ3) is 4.72. The van der Waals surface area contributed by atoms with Crippen LogP contribution in [0.25, 0.3) is 0 Å². The number of nitrogens with one attached hydrogen (secondary N) is 2. The van der Waals surface area contributed by atoms with Crippen LogP contribution in [0, 0.1) is 5.92 Å². The summed E-state index contributed by atoms with van der Waals surface area (Å²) in [6, 6.07) is 4.13. The molecule has 1 amide bonds. The second-order valence-corrected chi connectivity index (χ2v) is 7.45. The lowest BCUT2D eigenvalue weighted by atomic mass is 9.77. The van der Waals surface area contributed by atoms with Gasteiger partial charge in [0, 0.05) is 31.1 Å². The van der Waals surface area contributed by atoms with Crippen LogP contribution in [-0.4, -0.2) is 45.8 Å². The van der Waals surface area contributed by atoms with E-state index in [1.54, 1.807) is 0 Å². The van der Waals surface area contributed by atoms with E-state index in [9.17, 15) is 14.7 Å². The van der Waals surface area contributed by atoms with Crippen LogP contribution in [0.5, 0.6) is 0 Å².